The minimum atomic E-state index is -0.0154. The van der Waals surface area contributed by atoms with Crippen LogP contribution in [0.15, 0.2) is 109 Å². The van der Waals surface area contributed by atoms with Crippen LogP contribution >= 0.6 is 0 Å². The van der Waals surface area contributed by atoms with Crippen molar-refractivity contribution in [2.24, 2.45) is 0 Å². The Morgan fingerprint density at radius 2 is 1.39 bits per heavy atom. The number of hydrogen-bond acceptors (Lipinski definition) is 2. The van der Waals surface area contributed by atoms with Crippen molar-refractivity contribution in [1.29, 1.82) is 0 Å². The summed E-state index contributed by atoms with van der Waals surface area (Å²) >= 11 is 0. The van der Waals surface area contributed by atoms with Crippen LogP contribution in [0.3, 0.4) is 0 Å². The van der Waals surface area contributed by atoms with Gasteiger partial charge in [-0.1, -0.05) is 66.7 Å². The van der Waals surface area contributed by atoms with Gasteiger partial charge in [0.15, 0.2) is 6.20 Å². The maximum Gasteiger partial charge on any atom is 1.00 e. The maximum atomic E-state index is 12.4. The number of fused-ring (bicyclic) bond motifs is 2. The van der Waals surface area contributed by atoms with Gasteiger partial charge in [-0.15, -0.1) is 0 Å². The van der Waals surface area contributed by atoms with Gasteiger partial charge in [0.2, 0.25) is 5.52 Å². The van der Waals surface area contributed by atoms with Crippen molar-refractivity contribution < 1.29 is 29.0 Å². The predicted octanol–water partition coefficient (Wildman–Crippen LogP) is 2.40. The molecule has 0 bridgehead atoms. The standard InChI is InChI=1S/C28H19N3O.Li/c32-26-17-16-21(22-13-8-18-29-27(22)26)20-11-4-5-12-23(20)28-30-24-14-6-7-15-25(24)31(28)19-9-2-1-3-10-19;/h1-18,32H;/q;+1. The molecule has 0 atom stereocenters. The first-order chi connectivity index (χ1) is 15.8. The van der Waals surface area contributed by atoms with Crippen molar-refractivity contribution in [1.82, 2.24) is 9.55 Å². The van der Waals surface area contributed by atoms with Gasteiger partial charge in [-0.2, -0.15) is 0 Å². The third-order valence-corrected chi connectivity index (χ3v) is 5.83. The van der Waals surface area contributed by atoms with Crippen LogP contribution in [0.2, 0.25) is 0 Å². The second-order valence-electron chi connectivity index (χ2n) is 7.71. The summed E-state index contributed by atoms with van der Waals surface area (Å²) in [5.74, 6) is 0.852. The summed E-state index contributed by atoms with van der Waals surface area (Å²) in [5.41, 5.74) is 6.70. The van der Waals surface area contributed by atoms with E-state index in [1.807, 2.05) is 66.7 Å². The number of nitrogens with zero attached hydrogens (tertiary/aromatic N) is 2. The number of para-hydroxylation sites is 3. The Balaban J connectivity index is 0.00000228. The van der Waals surface area contributed by atoms with Crippen LogP contribution in [0.4, 0.5) is 0 Å². The van der Waals surface area contributed by atoms with Crippen LogP contribution in [-0.2, 0) is 0 Å². The topological polar surface area (TPSA) is 55.0 Å². The smallest absolute Gasteiger partial charge is 0.868 e. The summed E-state index contributed by atoms with van der Waals surface area (Å²) in [5, 5.41) is 13.3. The molecule has 0 unspecified atom stereocenters. The summed E-state index contributed by atoms with van der Waals surface area (Å²) in [6, 6.07) is 34.2. The van der Waals surface area contributed by atoms with E-state index in [1.54, 1.807) is 12.3 Å². The van der Waals surface area contributed by atoms with Crippen molar-refractivity contribution in [3.05, 3.63) is 109 Å². The van der Waals surface area contributed by atoms with Gasteiger partial charge < -0.3 is 5.11 Å². The van der Waals surface area contributed by atoms with Gasteiger partial charge >= 0.3 is 18.9 Å². The number of hydrogen-bond donors (Lipinski definition) is 0. The van der Waals surface area contributed by atoms with Gasteiger partial charge in [0.25, 0.3) is 0 Å². The molecular formula is C28H19LiN3O+. The number of aromatic amines is 1. The zero-order chi connectivity index (χ0) is 21.5. The molecule has 4 nitrogen and oxygen atoms in total. The third-order valence-electron chi connectivity index (χ3n) is 5.83. The minimum absolute atomic E-state index is 0. The summed E-state index contributed by atoms with van der Waals surface area (Å²) < 4.78 is 2.20. The summed E-state index contributed by atoms with van der Waals surface area (Å²) in [7, 11) is 0. The molecule has 0 aliphatic rings. The molecular weight excluding hydrogens is 401 g/mol. The molecule has 0 saturated carbocycles. The average molecular weight is 420 g/mol. The Hall–Kier alpha value is -3.84. The number of H-pyrrole nitrogens is 1. The van der Waals surface area contributed by atoms with E-state index in [9.17, 15) is 5.11 Å². The second kappa shape index (κ2) is 8.59. The fourth-order valence-corrected chi connectivity index (χ4v) is 4.39. The van der Waals surface area contributed by atoms with Crippen molar-refractivity contribution in [2.45, 2.75) is 0 Å². The SMILES string of the molecule is [Li+].[O-]c1ccc(-c2ccccc2-c2nc3ccccc3n2-c2ccccc2)c2ccc[nH+]c12. The normalized spacial score (nSPS) is 10.9. The molecule has 0 aliphatic heterocycles. The minimum Gasteiger partial charge on any atom is -0.868 e. The number of imidazole rings is 1. The molecule has 2 aromatic heterocycles. The molecule has 2 heterocycles. The Labute approximate surface area is 203 Å². The molecule has 5 heteroatoms. The molecule has 0 aliphatic carbocycles. The number of pyridine rings is 1. The van der Waals surface area contributed by atoms with Gasteiger partial charge in [-0.3, -0.25) is 4.57 Å². The molecule has 6 aromatic rings. The molecule has 1 N–H and O–H groups in total. The van der Waals surface area contributed by atoms with Crippen LogP contribution in [0.1, 0.15) is 0 Å². The van der Waals surface area contributed by atoms with Crippen LogP contribution in [0.25, 0.3) is 50.1 Å². The summed E-state index contributed by atoms with van der Waals surface area (Å²) in [4.78, 5) is 8.15. The van der Waals surface area contributed by atoms with E-state index in [0.717, 1.165) is 44.6 Å². The van der Waals surface area contributed by atoms with E-state index in [0.29, 0.717) is 5.52 Å². The van der Waals surface area contributed by atoms with Crippen LogP contribution < -0.4 is 29.0 Å². The number of benzene rings is 4. The van der Waals surface area contributed by atoms with E-state index in [4.69, 9.17) is 4.98 Å². The van der Waals surface area contributed by atoms with Crippen LogP contribution in [0, 0.1) is 0 Å². The third kappa shape index (κ3) is 3.50. The summed E-state index contributed by atoms with van der Waals surface area (Å²) in [6.45, 7) is 0. The Morgan fingerprint density at radius 1 is 0.667 bits per heavy atom. The van der Waals surface area contributed by atoms with Gasteiger partial charge in [0.1, 0.15) is 5.82 Å². The van der Waals surface area contributed by atoms with Crippen LogP contribution in [-0.4, -0.2) is 9.55 Å². The number of rotatable bonds is 3. The number of aromatic nitrogens is 3. The van der Waals surface area contributed by atoms with E-state index < -0.39 is 0 Å². The van der Waals surface area contributed by atoms with Gasteiger partial charge in [-0.25, -0.2) is 9.97 Å². The van der Waals surface area contributed by atoms with Crippen molar-refractivity contribution in [3.63, 3.8) is 0 Å². The van der Waals surface area contributed by atoms with E-state index >= 15 is 0 Å². The largest absolute Gasteiger partial charge is 1.00 e. The molecule has 152 valence electrons. The van der Waals surface area contributed by atoms with Gasteiger partial charge in [-0.05, 0) is 47.2 Å². The second-order valence-corrected chi connectivity index (χ2v) is 7.71. The van der Waals surface area contributed by atoms with E-state index in [-0.39, 0.29) is 24.6 Å². The fraction of sp³-hybridized carbons (Fsp3) is 0. The quantitative estimate of drug-likeness (QED) is 0.413. The summed E-state index contributed by atoms with van der Waals surface area (Å²) in [6.07, 6.45) is 1.79. The molecule has 33 heavy (non-hydrogen) atoms. The Kier molecular flexibility index (Phi) is 5.48. The van der Waals surface area contributed by atoms with E-state index in [2.05, 4.69) is 39.9 Å². The first-order valence-corrected chi connectivity index (χ1v) is 10.5. The predicted molar refractivity (Wildman–Crippen MR) is 125 cm³/mol. The van der Waals surface area contributed by atoms with Crippen LogP contribution in [0.5, 0.6) is 5.75 Å². The molecule has 4 aromatic carbocycles. The van der Waals surface area contributed by atoms with Crippen molar-refractivity contribution in [3.8, 4) is 34.0 Å². The van der Waals surface area contributed by atoms with Gasteiger partial charge in [0, 0.05) is 17.3 Å². The van der Waals surface area contributed by atoms with Crippen molar-refractivity contribution >= 4 is 21.9 Å². The molecule has 0 radical (unpaired) electrons. The fourth-order valence-electron chi connectivity index (χ4n) is 4.39. The average Bonchev–Trinajstić information content (AvgIpc) is 3.25. The zero-order valence-electron chi connectivity index (χ0n) is 18.2. The molecule has 0 amide bonds. The molecule has 0 spiro atoms. The zero-order valence-corrected chi connectivity index (χ0v) is 18.2. The maximum absolute atomic E-state index is 12.4. The first kappa shape index (κ1) is 21.0. The molecule has 6 rings (SSSR count). The molecule has 0 saturated heterocycles. The molecule has 0 fully saturated rings. The van der Waals surface area contributed by atoms with Crippen molar-refractivity contribution in [2.75, 3.05) is 0 Å². The number of nitrogens with one attached hydrogen (secondary N) is 1. The monoisotopic (exact) mass is 420 g/mol. The Bertz CT molecular complexity index is 1590. The van der Waals surface area contributed by atoms with E-state index in [1.165, 1.54) is 0 Å². The Morgan fingerprint density at radius 3 is 2.24 bits per heavy atom. The first-order valence-electron chi connectivity index (χ1n) is 10.5. The van der Waals surface area contributed by atoms with Gasteiger partial charge in [0.05, 0.1) is 16.4 Å².